The average molecular weight is 830 g/mol. The molecule has 304 valence electrons. The molecule has 0 N–H and O–H groups in total. The average Bonchev–Trinajstić information content (AvgIpc) is 3.44. The minimum atomic E-state index is 0.640. The van der Waals surface area contributed by atoms with E-state index in [9.17, 15) is 0 Å². The monoisotopic (exact) mass is 829 g/mol. The first kappa shape index (κ1) is 39.8. The van der Waals surface area contributed by atoms with Crippen LogP contribution in [0.2, 0.25) is 0 Å². The standard InChI is InChI=1S/C59H47N3S/c1-4-19-57-53(5-2)61(48-26-14-6-7-15-27-48)55-34-32-47(39-58(55)63-57)46-31-33-54-51(38-46)59-50-29-17-16-22-43(50)30-35-56(59)62(54)49-28-18-25-45(37-49)41(3)36-52(44-23-12-9-13-24-44)60-40-42-20-10-8-11-21-42/h4-5,8,10-12,14,16-39H,2,6,9,13,40H2,1,3H3/b19-4-,41-36+,60-52?. The molecule has 0 spiro atoms. The Labute approximate surface area is 374 Å². The van der Waals surface area contributed by atoms with Crippen LogP contribution in [0.5, 0.6) is 0 Å². The molecule has 0 fully saturated rings. The first-order chi connectivity index (χ1) is 31.1. The molecule has 0 bridgehead atoms. The van der Waals surface area contributed by atoms with Crippen molar-refractivity contribution in [1.82, 2.24) is 4.57 Å². The molecule has 3 aliphatic rings. The highest BCUT2D eigenvalue weighted by molar-refractivity contribution is 8.03. The Morgan fingerprint density at radius 2 is 1.65 bits per heavy atom. The zero-order chi connectivity index (χ0) is 42.7. The van der Waals surface area contributed by atoms with Gasteiger partial charge in [0.2, 0.25) is 0 Å². The van der Waals surface area contributed by atoms with Crippen LogP contribution in [-0.4, -0.2) is 10.3 Å². The molecule has 0 unspecified atom stereocenters. The molecule has 1 aromatic heterocycles. The number of thioether (sulfide) groups is 1. The van der Waals surface area contributed by atoms with Crippen molar-refractivity contribution in [2.24, 2.45) is 4.99 Å². The van der Waals surface area contributed by atoms with Gasteiger partial charge in [-0.2, -0.15) is 0 Å². The first-order valence-corrected chi connectivity index (χ1v) is 22.6. The van der Waals surface area contributed by atoms with Gasteiger partial charge in [-0.15, -0.1) is 0 Å². The lowest BCUT2D eigenvalue weighted by Crippen LogP contribution is -2.23. The van der Waals surface area contributed by atoms with E-state index in [0.29, 0.717) is 6.54 Å². The predicted octanol–water partition coefficient (Wildman–Crippen LogP) is 15.7. The smallest absolute Gasteiger partial charge is 0.0650 e. The van der Waals surface area contributed by atoms with Gasteiger partial charge in [0.1, 0.15) is 0 Å². The normalized spacial score (nSPS) is 15.4. The van der Waals surface area contributed by atoms with Crippen LogP contribution in [0.15, 0.2) is 226 Å². The van der Waals surface area contributed by atoms with Crippen molar-refractivity contribution in [3.8, 4) is 28.7 Å². The van der Waals surface area contributed by atoms with Crippen molar-refractivity contribution in [3.05, 3.63) is 228 Å². The second kappa shape index (κ2) is 17.6. The number of fused-ring (bicyclic) bond motifs is 6. The summed E-state index contributed by atoms with van der Waals surface area (Å²) >= 11 is 1.79. The third kappa shape index (κ3) is 7.78. The molecular weight excluding hydrogens is 783 g/mol. The van der Waals surface area contributed by atoms with Gasteiger partial charge in [0, 0.05) is 38.8 Å². The van der Waals surface area contributed by atoms with Crippen LogP contribution in [0.25, 0.3) is 55.0 Å². The number of rotatable bonds is 10. The van der Waals surface area contributed by atoms with Crippen LogP contribution in [0.4, 0.5) is 5.69 Å². The summed E-state index contributed by atoms with van der Waals surface area (Å²) in [4.78, 5) is 9.80. The van der Waals surface area contributed by atoms with Crippen LogP contribution in [0.1, 0.15) is 44.2 Å². The molecule has 0 saturated carbocycles. The van der Waals surface area contributed by atoms with E-state index in [2.05, 4.69) is 218 Å². The van der Waals surface area contributed by atoms with Crippen molar-refractivity contribution in [2.45, 2.75) is 44.6 Å². The number of hydrogen-bond donors (Lipinski definition) is 0. The van der Waals surface area contributed by atoms with E-state index in [0.717, 1.165) is 52.6 Å². The number of aromatic nitrogens is 1. The molecule has 1 aliphatic heterocycles. The highest BCUT2D eigenvalue weighted by Gasteiger charge is 2.26. The number of allylic oxidation sites excluding steroid dienone is 12. The fourth-order valence-corrected chi connectivity index (χ4v) is 10.1. The Morgan fingerprint density at radius 1 is 0.810 bits per heavy atom. The molecule has 63 heavy (non-hydrogen) atoms. The lowest BCUT2D eigenvalue weighted by molar-refractivity contribution is 1.02. The summed E-state index contributed by atoms with van der Waals surface area (Å²) in [6.45, 7) is 9.15. The minimum Gasteiger partial charge on any atom is -0.309 e. The molecule has 6 aromatic carbocycles. The third-order valence-electron chi connectivity index (χ3n) is 12.0. The Bertz CT molecular complexity index is 3290. The number of benzene rings is 6. The summed E-state index contributed by atoms with van der Waals surface area (Å²) in [7, 11) is 0. The quantitative estimate of drug-likeness (QED) is 0.101. The lowest BCUT2D eigenvalue weighted by Gasteiger charge is -2.34. The van der Waals surface area contributed by atoms with Gasteiger partial charge in [0.25, 0.3) is 0 Å². The van der Waals surface area contributed by atoms with E-state index in [-0.39, 0.29) is 0 Å². The van der Waals surface area contributed by atoms with Gasteiger partial charge in [0.15, 0.2) is 0 Å². The molecule has 10 rings (SSSR count). The largest absolute Gasteiger partial charge is 0.309 e. The van der Waals surface area contributed by atoms with E-state index in [1.54, 1.807) is 11.8 Å². The van der Waals surface area contributed by atoms with Crippen LogP contribution in [0, 0.1) is 11.8 Å². The van der Waals surface area contributed by atoms with Crippen molar-refractivity contribution < 1.29 is 0 Å². The Balaban J connectivity index is 1.08. The van der Waals surface area contributed by atoms with Crippen LogP contribution < -0.4 is 4.90 Å². The van der Waals surface area contributed by atoms with E-state index in [1.807, 2.05) is 12.2 Å². The highest BCUT2D eigenvalue weighted by Crippen LogP contribution is 2.48. The molecule has 0 amide bonds. The zero-order valence-electron chi connectivity index (χ0n) is 35.7. The van der Waals surface area contributed by atoms with E-state index in [4.69, 9.17) is 4.99 Å². The van der Waals surface area contributed by atoms with Crippen molar-refractivity contribution in [2.75, 3.05) is 4.90 Å². The Kier molecular flexibility index (Phi) is 11.1. The third-order valence-corrected chi connectivity index (χ3v) is 13.1. The van der Waals surface area contributed by atoms with Crippen LogP contribution in [0.3, 0.4) is 0 Å². The second-order valence-electron chi connectivity index (χ2n) is 16.0. The Morgan fingerprint density at radius 3 is 2.51 bits per heavy atom. The number of anilines is 1. The van der Waals surface area contributed by atoms with Gasteiger partial charge in [-0.05, 0) is 132 Å². The summed E-state index contributed by atoms with van der Waals surface area (Å²) in [5, 5.41) is 4.97. The molecule has 0 atom stereocenters. The van der Waals surface area contributed by atoms with Gasteiger partial charge in [-0.3, -0.25) is 4.99 Å². The van der Waals surface area contributed by atoms with E-state index >= 15 is 0 Å². The Hall–Kier alpha value is -7.32. The number of hydrogen-bond acceptors (Lipinski definition) is 3. The molecule has 2 heterocycles. The molecule has 0 radical (unpaired) electrons. The number of nitrogens with zero attached hydrogens (tertiary/aromatic N) is 3. The summed E-state index contributed by atoms with van der Waals surface area (Å²) in [5.41, 5.74) is 14.8. The summed E-state index contributed by atoms with van der Waals surface area (Å²) in [6.07, 6.45) is 24.4. The maximum atomic E-state index is 5.16. The molecule has 4 heteroatoms. The molecular formula is C59H47N3S. The fraction of sp³-hybridized carbons (Fsp3) is 0.102. The fourth-order valence-electron chi connectivity index (χ4n) is 8.93. The van der Waals surface area contributed by atoms with Gasteiger partial charge >= 0.3 is 0 Å². The summed E-state index contributed by atoms with van der Waals surface area (Å²) < 4.78 is 2.44. The van der Waals surface area contributed by atoms with Gasteiger partial charge in [0.05, 0.1) is 40.4 Å². The van der Waals surface area contributed by atoms with Gasteiger partial charge in [-0.1, -0.05) is 152 Å². The van der Waals surface area contributed by atoms with Gasteiger partial charge in [-0.25, -0.2) is 0 Å². The van der Waals surface area contributed by atoms with Crippen LogP contribution >= 0.6 is 11.8 Å². The topological polar surface area (TPSA) is 20.5 Å². The molecule has 3 nitrogen and oxygen atoms in total. The lowest BCUT2D eigenvalue weighted by atomic mass is 9.98. The predicted molar refractivity (Wildman–Crippen MR) is 271 cm³/mol. The van der Waals surface area contributed by atoms with Gasteiger partial charge < -0.3 is 9.47 Å². The van der Waals surface area contributed by atoms with Crippen molar-refractivity contribution >= 4 is 61.3 Å². The summed E-state index contributed by atoms with van der Waals surface area (Å²) in [6, 6.07) is 46.6. The van der Waals surface area contributed by atoms with Crippen LogP contribution in [-0.2, 0) is 6.54 Å². The minimum absolute atomic E-state index is 0.640. The van der Waals surface area contributed by atoms with Crippen molar-refractivity contribution in [1.29, 1.82) is 0 Å². The number of aliphatic imine (C=N–C) groups is 1. The maximum Gasteiger partial charge on any atom is 0.0650 e. The molecule has 7 aromatic rings. The molecule has 0 saturated heterocycles. The maximum absolute atomic E-state index is 5.16. The van der Waals surface area contributed by atoms with E-state index < -0.39 is 0 Å². The van der Waals surface area contributed by atoms with E-state index in [1.165, 1.54) is 70.9 Å². The van der Waals surface area contributed by atoms with Crippen molar-refractivity contribution in [3.63, 3.8) is 0 Å². The zero-order valence-corrected chi connectivity index (χ0v) is 36.5. The second-order valence-corrected chi connectivity index (χ2v) is 17.1. The summed E-state index contributed by atoms with van der Waals surface area (Å²) in [5.74, 6) is 6.45. The molecule has 2 aliphatic carbocycles. The SMILES string of the molecule is C=CC1=C(/C=C\C)Sc2cc(-c3ccc4c(c3)c3c5ccccc5ccc3n4-c3cccc(/C(C)=C/C(=NCc4ccccc4)C4=CCCC=C4)c3)ccc2N1C1=CC#CCC=C1. The highest BCUT2D eigenvalue weighted by atomic mass is 32.2. The first-order valence-electron chi connectivity index (χ1n) is 21.8.